The molecule has 5 unspecified atom stereocenters. The maximum absolute atomic E-state index is 12.0. The Morgan fingerprint density at radius 2 is 2.14 bits per heavy atom. The predicted octanol–water partition coefficient (Wildman–Crippen LogP) is 3.11. The molecule has 2 aliphatic carbocycles. The van der Waals surface area contributed by atoms with Crippen LogP contribution in [0.4, 0.5) is 0 Å². The molecule has 0 aromatic heterocycles. The first-order valence-corrected chi connectivity index (χ1v) is 8.38. The summed E-state index contributed by atoms with van der Waals surface area (Å²) in [6.45, 7) is 10.1. The van der Waals surface area contributed by atoms with Gasteiger partial charge in [0.15, 0.2) is 0 Å². The molecule has 0 radical (unpaired) electrons. The summed E-state index contributed by atoms with van der Waals surface area (Å²) in [5.41, 5.74) is 0.485. The Labute approximate surface area is 132 Å². The second kappa shape index (κ2) is 5.39. The molecule has 1 aliphatic heterocycles. The molecular formula is C18H26O4. The Morgan fingerprint density at radius 1 is 1.41 bits per heavy atom. The van der Waals surface area contributed by atoms with Crippen molar-refractivity contribution in [2.24, 2.45) is 29.1 Å². The van der Waals surface area contributed by atoms with Gasteiger partial charge in [-0.2, -0.15) is 0 Å². The largest absolute Gasteiger partial charge is 0.462 e. The molecule has 1 saturated heterocycles. The molecule has 2 bridgehead atoms. The van der Waals surface area contributed by atoms with E-state index in [1.165, 1.54) is 0 Å². The first-order valence-electron chi connectivity index (χ1n) is 8.38. The standard InChI is InChI=1S/C18H26O4/c1-5-18(3,4)17(20)21-9-10(2)6-12-11-7-13-14(8-11)16(19)22-15(12)13/h11-15H,2,5-9H2,1,3-4H3. The Bertz CT molecular complexity index is 507. The van der Waals surface area contributed by atoms with Crippen molar-refractivity contribution in [2.75, 3.05) is 6.61 Å². The van der Waals surface area contributed by atoms with Gasteiger partial charge in [0, 0.05) is 11.8 Å². The molecule has 0 amide bonds. The number of carbonyl (C=O) groups excluding carboxylic acids is 2. The fourth-order valence-corrected chi connectivity index (χ4v) is 4.26. The van der Waals surface area contributed by atoms with Gasteiger partial charge < -0.3 is 9.47 Å². The molecule has 5 atom stereocenters. The van der Waals surface area contributed by atoms with Crippen molar-refractivity contribution in [3.05, 3.63) is 12.2 Å². The van der Waals surface area contributed by atoms with Crippen LogP contribution >= 0.6 is 0 Å². The molecule has 0 N–H and O–H groups in total. The van der Waals surface area contributed by atoms with E-state index in [9.17, 15) is 9.59 Å². The van der Waals surface area contributed by atoms with Crippen LogP contribution in [0.2, 0.25) is 0 Å². The van der Waals surface area contributed by atoms with Crippen molar-refractivity contribution in [3.8, 4) is 0 Å². The third-order valence-electron chi connectivity index (χ3n) is 6.02. The highest BCUT2D eigenvalue weighted by Crippen LogP contribution is 2.58. The van der Waals surface area contributed by atoms with Crippen molar-refractivity contribution in [3.63, 3.8) is 0 Å². The molecule has 0 aromatic carbocycles. The third kappa shape index (κ3) is 2.46. The Hall–Kier alpha value is -1.32. The highest BCUT2D eigenvalue weighted by atomic mass is 16.6. The van der Waals surface area contributed by atoms with Gasteiger partial charge in [0.05, 0.1) is 11.3 Å². The molecule has 4 heteroatoms. The normalized spacial score (nSPS) is 35.6. The first kappa shape index (κ1) is 15.6. The lowest BCUT2D eigenvalue weighted by molar-refractivity contribution is -0.153. The van der Waals surface area contributed by atoms with Crippen LogP contribution in [0.25, 0.3) is 0 Å². The molecule has 0 aromatic rings. The summed E-state index contributed by atoms with van der Waals surface area (Å²) in [5, 5.41) is 0. The van der Waals surface area contributed by atoms with Gasteiger partial charge in [0.25, 0.3) is 0 Å². The number of carbonyl (C=O) groups is 2. The van der Waals surface area contributed by atoms with Crippen LogP contribution in [0.1, 0.15) is 46.5 Å². The maximum Gasteiger partial charge on any atom is 0.311 e. The number of rotatable bonds is 6. The summed E-state index contributed by atoms with van der Waals surface area (Å²) >= 11 is 0. The zero-order valence-electron chi connectivity index (χ0n) is 13.8. The number of esters is 2. The Balaban J connectivity index is 1.51. The number of hydrogen-bond acceptors (Lipinski definition) is 4. The van der Waals surface area contributed by atoms with Gasteiger partial charge in [-0.1, -0.05) is 13.5 Å². The van der Waals surface area contributed by atoms with Gasteiger partial charge >= 0.3 is 11.9 Å². The molecular weight excluding hydrogens is 280 g/mol. The second-order valence-electron chi connectivity index (χ2n) is 7.83. The van der Waals surface area contributed by atoms with Gasteiger partial charge in [-0.15, -0.1) is 0 Å². The van der Waals surface area contributed by atoms with E-state index in [4.69, 9.17) is 9.47 Å². The molecule has 4 nitrogen and oxygen atoms in total. The molecule has 3 rings (SSSR count). The summed E-state index contributed by atoms with van der Waals surface area (Å²) in [7, 11) is 0. The van der Waals surface area contributed by atoms with E-state index in [-0.39, 0.29) is 30.6 Å². The van der Waals surface area contributed by atoms with Crippen molar-refractivity contribution >= 4 is 11.9 Å². The summed E-state index contributed by atoms with van der Waals surface area (Å²) < 4.78 is 11.0. The zero-order valence-corrected chi connectivity index (χ0v) is 13.8. The first-order chi connectivity index (χ1) is 10.3. The minimum Gasteiger partial charge on any atom is -0.462 e. The molecule has 2 saturated carbocycles. The summed E-state index contributed by atoms with van der Waals surface area (Å²) in [6, 6.07) is 0. The summed E-state index contributed by atoms with van der Waals surface area (Å²) in [5.74, 6) is 1.36. The van der Waals surface area contributed by atoms with Gasteiger partial charge in [0.2, 0.25) is 0 Å². The maximum atomic E-state index is 12.0. The predicted molar refractivity (Wildman–Crippen MR) is 81.9 cm³/mol. The smallest absolute Gasteiger partial charge is 0.311 e. The van der Waals surface area contributed by atoms with Crippen LogP contribution in [0.5, 0.6) is 0 Å². The van der Waals surface area contributed by atoms with Crippen molar-refractivity contribution < 1.29 is 19.1 Å². The average Bonchev–Trinajstić information content (AvgIpc) is 3.09. The monoisotopic (exact) mass is 306 g/mol. The lowest BCUT2D eigenvalue weighted by atomic mass is 9.79. The van der Waals surface area contributed by atoms with Gasteiger partial charge in [-0.3, -0.25) is 9.59 Å². The zero-order chi connectivity index (χ0) is 16.1. The van der Waals surface area contributed by atoms with Crippen LogP contribution in [-0.4, -0.2) is 24.6 Å². The van der Waals surface area contributed by atoms with Crippen LogP contribution in [-0.2, 0) is 19.1 Å². The van der Waals surface area contributed by atoms with Crippen LogP contribution in [0, 0.1) is 29.1 Å². The van der Waals surface area contributed by atoms with Gasteiger partial charge in [-0.25, -0.2) is 0 Å². The fourth-order valence-electron chi connectivity index (χ4n) is 4.26. The van der Waals surface area contributed by atoms with Crippen molar-refractivity contribution in [1.29, 1.82) is 0 Å². The SMILES string of the molecule is C=C(COC(=O)C(C)(C)CC)CC1C2CC3C(=O)OC1C3C2. The minimum atomic E-state index is -0.444. The highest BCUT2D eigenvalue weighted by Gasteiger charge is 2.61. The third-order valence-corrected chi connectivity index (χ3v) is 6.02. The molecule has 22 heavy (non-hydrogen) atoms. The molecule has 3 fully saturated rings. The number of hydrogen-bond donors (Lipinski definition) is 0. The van der Waals surface area contributed by atoms with E-state index < -0.39 is 5.41 Å². The lowest BCUT2D eigenvalue weighted by Crippen LogP contribution is -2.29. The second-order valence-corrected chi connectivity index (χ2v) is 7.83. The minimum absolute atomic E-state index is 0.00161. The van der Waals surface area contributed by atoms with Gasteiger partial charge in [0.1, 0.15) is 12.7 Å². The fraction of sp³-hybridized carbons (Fsp3) is 0.778. The van der Waals surface area contributed by atoms with E-state index in [2.05, 4.69) is 6.58 Å². The quantitative estimate of drug-likeness (QED) is 0.559. The Kier molecular flexibility index (Phi) is 3.82. The van der Waals surface area contributed by atoms with Crippen molar-refractivity contribution in [1.82, 2.24) is 0 Å². The average molecular weight is 306 g/mol. The highest BCUT2D eigenvalue weighted by molar-refractivity contribution is 5.77. The molecule has 3 aliphatic rings. The number of ether oxygens (including phenoxy) is 2. The summed E-state index contributed by atoms with van der Waals surface area (Å²) in [6.07, 6.45) is 3.72. The van der Waals surface area contributed by atoms with E-state index in [1.807, 2.05) is 20.8 Å². The molecule has 122 valence electrons. The lowest BCUT2D eigenvalue weighted by Gasteiger charge is -2.26. The molecule has 0 spiro atoms. The molecule has 1 heterocycles. The van der Waals surface area contributed by atoms with Gasteiger partial charge in [-0.05, 0) is 51.0 Å². The van der Waals surface area contributed by atoms with Crippen LogP contribution < -0.4 is 0 Å². The number of fused-ring (bicyclic) bond motifs is 1. The van der Waals surface area contributed by atoms with Crippen LogP contribution in [0.15, 0.2) is 12.2 Å². The van der Waals surface area contributed by atoms with E-state index in [0.29, 0.717) is 17.8 Å². The van der Waals surface area contributed by atoms with E-state index in [0.717, 1.165) is 31.3 Å². The Morgan fingerprint density at radius 3 is 2.82 bits per heavy atom. The van der Waals surface area contributed by atoms with E-state index in [1.54, 1.807) is 0 Å². The van der Waals surface area contributed by atoms with Crippen molar-refractivity contribution in [2.45, 2.75) is 52.6 Å². The van der Waals surface area contributed by atoms with Crippen LogP contribution in [0.3, 0.4) is 0 Å². The topological polar surface area (TPSA) is 52.6 Å². The van der Waals surface area contributed by atoms with E-state index >= 15 is 0 Å². The summed E-state index contributed by atoms with van der Waals surface area (Å²) in [4.78, 5) is 23.8.